The van der Waals surface area contributed by atoms with E-state index in [0.29, 0.717) is 0 Å². The van der Waals surface area contributed by atoms with Crippen molar-refractivity contribution >= 4 is 62.5 Å². The molecule has 1 saturated heterocycles. The molecule has 0 saturated carbocycles. The van der Waals surface area contributed by atoms with Crippen molar-refractivity contribution in [3.05, 3.63) is 174 Å². The van der Waals surface area contributed by atoms with Crippen LogP contribution in [0.3, 0.4) is 0 Å². The first-order chi connectivity index (χ1) is 30.1. The van der Waals surface area contributed by atoms with E-state index in [0.717, 1.165) is 67.4 Å². The number of rotatable bonds is 7. The third kappa shape index (κ3) is 6.77. The number of hydrogen-bond donors (Lipinski definition) is 0. The maximum atomic E-state index is 7.13. The van der Waals surface area contributed by atoms with Crippen molar-refractivity contribution in [3.8, 4) is 22.8 Å². The van der Waals surface area contributed by atoms with Crippen LogP contribution in [-0.2, 0) is 14.7 Å². The molecule has 9 aromatic rings. The van der Waals surface area contributed by atoms with Gasteiger partial charge in [0.05, 0.1) is 33.3 Å². The fraction of sp³-hybridized carbons (Fsp3) is 0.232. The Morgan fingerprint density at radius 2 is 1.14 bits per heavy atom. The highest BCUT2D eigenvalue weighted by molar-refractivity contribution is 6.65. The molecule has 3 heterocycles. The quantitative estimate of drug-likeness (QED) is 0.150. The SMILES string of the molecule is Cc1cc(C)c(-c2nc3ccccc3n2-c2cccc(N(c3ccc(C(C)(C)C)cc3)c3cccc(-n4c5ccccc5c5ccccc54)c3)c2B2OC(C)(C)C(C)(C)O2)c(C)c1. The number of hydrogen-bond acceptors (Lipinski definition) is 4. The topological polar surface area (TPSA) is 44.5 Å². The fourth-order valence-electron chi connectivity index (χ4n) is 9.61. The number of para-hydroxylation sites is 4. The molecule has 0 aliphatic carbocycles. The van der Waals surface area contributed by atoms with Crippen LogP contribution >= 0.6 is 0 Å². The minimum Gasteiger partial charge on any atom is -0.399 e. The predicted octanol–water partition coefficient (Wildman–Crippen LogP) is 13.8. The largest absolute Gasteiger partial charge is 0.499 e. The van der Waals surface area contributed by atoms with Crippen molar-refractivity contribution in [2.24, 2.45) is 0 Å². The van der Waals surface area contributed by atoms with E-state index in [2.05, 4.69) is 235 Å². The number of fused-ring (bicyclic) bond motifs is 4. The van der Waals surface area contributed by atoms with Crippen molar-refractivity contribution in [2.75, 3.05) is 4.90 Å². The van der Waals surface area contributed by atoms with Gasteiger partial charge in [-0.15, -0.1) is 0 Å². The maximum Gasteiger partial charge on any atom is 0.499 e. The van der Waals surface area contributed by atoms with Crippen molar-refractivity contribution < 1.29 is 9.31 Å². The highest BCUT2D eigenvalue weighted by atomic mass is 16.7. The van der Waals surface area contributed by atoms with Crippen molar-refractivity contribution in [1.82, 2.24) is 14.1 Å². The summed E-state index contributed by atoms with van der Waals surface area (Å²) in [6.45, 7) is 21.9. The molecule has 0 N–H and O–H groups in total. The summed E-state index contributed by atoms with van der Waals surface area (Å²) in [6, 6.07) is 54.9. The average molecular weight is 827 g/mol. The lowest BCUT2D eigenvalue weighted by Crippen LogP contribution is -2.41. The molecule has 0 bridgehead atoms. The van der Waals surface area contributed by atoms with E-state index in [4.69, 9.17) is 14.3 Å². The second kappa shape index (κ2) is 14.9. The molecule has 7 heteroatoms. The first kappa shape index (κ1) is 40.7. The fourth-order valence-corrected chi connectivity index (χ4v) is 9.61. The molecule has 0 atom stereocenters. The number of aryl methyl sites for hydroxylation is 3. The molecular formula is C56H55BN4O2. The van der Waals surface area contributed by atoms with Crippen LogP contribution in [0.4, 0.5) is 17.1 Å². The van der Waals surface area contributed by atoms with Crippen LogP contribution in [0.25, 0.3) is 55.6 Å². The molecule has 63 heavy (non-hydrogen) atoms. The summed E-state index contributed by atoms with van der Waals surface area (Å²) in [6.07, 6.45) is 0. The van der Waals surface area contributed by atoms with Gasteiger partial charge in [0, 0.05) is 50.2 Å². The molecule has 7 aromatic carbocycles. The lowest BCUT2D eigenvalue weighted by atomic mass is 9.75. The Bertz CT molecular complexity index is 3130. The number of nitrogens with zero attached hydrogens (tertiary/aromatic N) is 4. The van der Waals surface area contributed by atoms with Gasteiger partial charge in [-0.3, -0.25) is 4.57 Å². The van der Waals surface area contributed by atoms with Gasteiger partial charge in [-0.05, 0) is 137 Å². The lowest BCUT2D eigenvalue weighted by molar-refractivity contribution is 0.00578. The monoisotopic (exact) mass is 826 g/mol. The summed E-state index contributed by atoms with van der Waals surface area (Å²) in [5.74, 6) is 0.885. The standard InChI is InChI=1S/C56H55BN4O2/c1-36-33-37(2)51(38(3)34-36)53-58-45-23-13-16-26-48(45)61(53)50-28-18-27-49(52(50)57-62-55(7,8)56(9,10)63-57)59(40-31-29-39(30-32-40)54(4,5)6)41-19-17-20-42(35-41)60-46-24-14-11-21-43(46)44-22-12-15-25-47(44)60/h11-35H,1-10H3. The summed E-state index contributed by atoms with van der Waals surface area (Å²) in [7, 11) is -0.715. The average Bonchev–Trinajstić information content (AvgIpc) is 3.86. The number of anilines is 3. The Hall–Kier alpha value is -6.41. The van der Waals surface area contributed by atoms with Crippen LogP contribution in [-0.4, -0.2) is 32.4 Å². The summed E-state index contributed by atoms with van der Waals surface area (Å²) < 4.78 is 19.0. The van der Waals surface area contributed by atoms with Crippen molar-refractivity contribution in [2.45, 2.75) is 85.9 Å². The zero-order valence-corrected chi connectivity index (χ0v) is 38.1. The number of imidazole rings is 1. The molecular weight excluding hydrogens is 771 g/mol. The molecule has 1 aliphatic heterocycles. The highest BCUT2D eigenvalue weighted by Gasteiger charge is 2.53. The minimum absolute atomic E-state index is 0.0152. The molecule has 0 unspecified atom stereocenters. The van der Waals surface area contributed by atoms with Gasteiger partial charge in [0.25, 0.3) is 0 Å². The van der Waals surface area contributed by atoms with Crippen LogP contribution in [0.5, 0.6) is 0 Å². The maximum absolute atomic E-state index is 7.13. The molecule has 0 radical (unpaired) electrons. The Labute approximate surface area is 371 Å². The second-order valence-corrected chi connectivity index (χ2v) is 19.4. The Morgan fingerprint density at radius 3 is 1.76 bits per heavy atom. The zero-order chi connectivity index (χ0) is 44.0. The summed E-state index contributed by atoms with van der Waals surface area (Å²) in [4.78, 5) is 7.80. The first-order valence-electron chi connectivity index (χ1n) is 22.2. The van der Waals surface area contributed by atoms with Crippen LogP contribution in [0.2, 0.25) is 0 Å². The molecule has 1 fully saturated rings. The van der Waals surface area contributed by atoms with Crippen molar-refractivity contribution in [1.29, 1.82) is 0 Å². The van der Waals surface area contributed by atoms with Gasteiger partial charge < -0.3 is 18.8 Å². The van der Waals surface area contributed by atoms with Gasteiger partial charge in [0.15, 0.2) is 0 Å². The molecule has 6 nitrogen and oxygen atoms in total. The van der Waals surface area contributed by atoms with E-state index in [-0.39, 0.29) is 5.41 Å². The van der Waals surface area contributed by atoms with E-state index in [1.165, 1.54) is 33.0 Å². The third-order valence-electron chi connectivity index (χ3n) is 13.4. The van der Waals surface area contributed by atoms with Crippen molar-refractivity contribution in [3.63, 3.8) is 0 Å². The van der Waals surface area contributed by atoms with Gasteiger partial charge in [-0.1, -0.05) is 111 Å². The predicted molar refractivity (Wildman–Crippen MR) is 264 cm³/mol. The summed E-state index contributed by atoms with van der Waals surface area (Å²) in [5.41, 5.74) is 15.0. The van der Waals surface area contributed by atoms with E-state index >= 15 is 0 Å². The second-order valence-electron chi connectivity index (χ2n) is 19.4. The van der Waals surface area contributed by atoms with Gasteiger partial charge >= 0.3 is 7.12 Å². The molecule has 314 valence electrons. The van der Waals surface area contributed by atoms with E-state index in [9.17, 15) is 0 Å². The minimum atomic E-state index is -0.715. The Balaban J connectivity index is 1.28. The summed E-state index contributed by atoms with van der Waals surface area (Å²) >= 11 is 0. The highest BCUT2D eigenvalue weighted by Crippen LogP contribution is 2.43. The Kier molecular flexibility index (Phi) is 9.59. The zero-order valence-electron chi connectivity index (χ0n) is 38.1. The molecule has 2 aromatic heterocycles. The van der Waals surface area contributed by atoms with Crippen LogP contribution in [0.1, 0.15) is 70.7 Å². The number of benzene rings is 7. The van der Waals surface area contributed by atoms with E-state index < -0.39 is 18.3 Å². The molecule has 1 aliphatic rings. The third-order valence-corrected chi connectivity index (χ3v) is 13.4. The number of aromatic nitrogens is 3. The summed E-state index contributed by atoms with van der Waals surface area (Å²) in [5, 5.41) is 2.46. The van der Waals surface area contributed by atoms with E-state index in [1.807, 2.05) is 0 Å². The van der Waals surface area contributed by atoms with Crippen LogP contribution < -0.4 is 10.4 Å². The van der Waals surface area contributed by atoms with Gasteiger partial charge in [0.1, 0.15) is 5.82 Å². The molecule has 0 spiro atoms. The van der Waals surface area contributed by atoms with Gasteiger partial charge in [-0.25, -0.2) is 4.98 Å². The lowest BCUT2D eigenvalue weighted by Gasteiger charge is -2.32. The van der Waals surface area contributed by atoms with Crippen LogP contribution in [0.15, 0.2) is 152 Å². The van der Waals surface area contributed by atoms with Gasteiger partial charge in [-0.2, -0.15) is 0 Å². The Morgan fingerprint density at radius 1 is 0.571 bits per heavy atom. The smallest absolute Gasteiger partial charge is 0.399 e. The normalized spacial score (nSPS) is 14.9. The first-order valence-corrected chi connectivity index (χ1v) is 22.2. The van der Waals surface area contributed by atoms with Gasteiger partial charge in [0.2, 0.25) is 0 Å². The van der Waals surface area contributed by atoms with E-state index in [1.54, 1.807) is 0 Å². The molecule has 0 amide bonds. The molecule has 10 rings (SSSR count). The van der Waals surface area contributed by atoms with Crippen LogP contribution in [0, 0.1) is 20.8 Å².